The highest BCUT2D eigenvalue weighted by atomic mass is 32.2. The minimum Gasteiger partial charge on any atom is -0.372 e. The molecule has 2 heterocycles. The molecule has 2 saturated heterocycles. The number of nitrogens with zero attached hydrogens (tertiary/aromatic N) is 2. The third-order valence-electron chi connectivity index (χ3n) is 5.79. The Morgan fingerprint density at radius 2 is 1.50 bits per heavy atom. The molecule has 0 atom stereocenters. The van der Waals surface area contributed by atoms with E-state index in [-0.39, 0.29) is 11.8 Å². The molecular formula is C24H29N3O2S. The fraction of sp³-hybridized carbons (Fsp3) is 0.417. The number of carbonyl (C=O) groups excluding carboxylic acids is 2. The molecule has 0 aromatic heterocycles. The molecule has 158 valence electrons. The van der Waals surface area contributed by atoms with Crippen molar-refractivity contribution in [2.75, 3.05) is 42.1 Å². The van der Waals surface area contributed by atoms with Crippen molar-refractivity contribution in [3.63, 3.8) is 0 Å². The minimum absolute atomic E-state index is 0.141. The quantitative estimate of drug-likeness (QED) is 0.688. The molecule has 2 aliphatic rings. The van der Waals surface area contributed by atoms with Gasteiger partial charge in [0.05, 0.1) is 11.3 Å². The number of hydrogen-bond donors (Lipinski definition) is 1. The van der Waals surface area contributed by atoms with Crippen molar-refractivity contribution in [1.82, 2.24) is 4.90 Å². The highest BCUT2D eigenvalue weighted by Crippen LogP contribution is 2.26. The first-order valence-corrected chi connectivity index (χ1v) is 11.9. The average molecular weight is 424 g/mol. The maximum atomic E-state index is 12.9. The van der Waals surface area contributed by atoms with Crippen LogP contribution in [-0.2, 0) is 4.79 Å². The fourth-order valence-electron chi connectivity index (χ4n) is 4.08. The van der Waals surface area contributed by atoms with Gasteiger partial charge in [-0.25, -0.2) is 0 Å². The third-order valence-corrected chi connectivity index (χ3v) is 6.85. The first-order valence-electron chi connectivity index (χ1n) is 10.9. The molecule has 2 aromatic rings. The summed E-state index contributed by atoms with van der Waals surface area (Å²) >= 11 is 1.44. The van der Waals surface area contributed by atoms with Gasteiger partial charge in [0.15, 0.2) is 0 Å². The van der Waals surface area contributed by atoms with Gasteiger partial charge in [-0.3, -0.25) is 9.59 Å². The number of amides is 2. The third kappa shape index (κ3) is 5.17. The van der Waals surface area contributed by atoms with Crippen molar-refractivity contribution in [3.8, 4) is 0 Å². The average Bonchev–Trinajstić information content (AvgIpc) is 3.34. The first kappa shape index (κ1) is 20.8. The Kier molecular flexibility index (Phi) is 6.95. The lowest BCUT2D eigenvalue weighted by molar-refractivity contribution is -0.127. The smallest absolute Gasteiger partial charge is 0.256 e. The molecule has 2 aromatic carbocycles. The second-order valence-corrected chi connectivity index (χ2v) is 8.94. The van der Waals surface area contributed by atoms with Crippen LogP contribution in [0.1, 0.15) is 42.5 Å². The van der Waals surface area contributed by atoms with Crippen LogP contribution >= 0.6 is 11.8 Å². The number of anilines is 2. The van der Waals surface area contributed by atoms with E-state index < -0.39 is 0 Å². The molecule has 2 amide bonds. The summed E-state index contributed by atoms with van der Waals surface area (Å²) in [4.78, 5) is 30.4. The van der Waals surface area contributed by atoms with Crippen LogP contribution in [0.15, 0.2) is 53.4 Å². The summed E-state index contributed by atoms with van der Waals surface area (Å²) < 4.78 is 0. The lowest BCUT2D eigenvalue weighted by atomic mass is 10.1. The van der Waals surface area contributed by atoms with Gasteiger partial charge in [0.2, 0.25) is 5.91 Å². The van der Waals surface area contributed by atoms with E-state index in [9.17, 15) is 9.59 Å². The van der Waals surface area contributed by atoms with E-state index in [1.165, 1.54) is 36.7 Å². The molecule has 0 saturated carbocycles. The Hall–Kier alpha value is -2.47. The lowest BCUT2D eigenvalue weighted by Crippen LogP contribution is -2.29. The van der Waals surface area contributed by atoms with Gasteiger partial charge in [0, 0.05) is 42.4 Å². The van der Waals surface area contributed by atoms with Gasteiger partial charge >= 0.3 is 0 Å². The highest BCUT2D eigenvalue weighted by molar-refractivity contribution is 8.00. The van der Waals surface area contributed by atoms with Gasteiger partial charge in [-0.05, 0) is 68.5 Å². The molecule has 1 N–H and O–H groups in total. The van der Waals surface area contributed by atoms with Crippen LogP contribution in [-0.4, -0.2) is 48.6 Å². The zero-order valence-corrected chi connectivity index (χ0v) is 18.1. The summed E-state index contributed by atoms with van der Waals surface area (Å²) in [5.41, 5.74) is 2.61. The monoisotopic (exact) mass is 423 g/mol. The van der Waals surface area contributed by atoms with Crippen molar-refractivity contribution in [1.29, 1.82) is 0 Å². The number of piperidine rings is 1. The van der Waals surface area contributed by atoms with Crippen LogP contribution in [0, 0.1) is 0 Å². The first-order chi connectivity index (χ1) is 14.7. The van der Waals surface area contributed by atoms with Gasteiger partial charge in [-0.2, -0.15) is 0 Å². The lowest BCUT2D eigenvalue weighted by Gasteiger charge is -2.28. The Morgan fingerprint density at radius 1 is 0.833 bits per heavy atom. The van der Waals surface area contributed by atoms with Crippen LogP contribution in [0.2, 0.25) is 0 Å². The number of carbonyl (C=O) groups is 2. The van der Waals surface area contributed by atoms with Crippen LogP contribution in [0.25, 0.3) is 0 Å². The molecule has 0 aliphatic carbocycles. The summed E-state index contributed by atoms with van der Waals surface area (Å²) in [5.74, 6) is 0.382. The standard InChI is InChI=1S/C24H29N3O2S/c28-23(27-16-6-7-17-27)18-30-22-9-3-2-8-21(22)24(29)25-19-10-12-20(13-11-19)26-14-4-1-5-15-26/h2-3,8-13H,1,4-7,14-18H2,(H,25,29). The van der Waals surface area contributed by atoms with Crippen molar-refractivity contribution < 1.29 is 9.59 Å². The molecule has 6 heteroatoms. The zero-order valence-electron chi connectivity index (χ0n) is 17.3. The number of benzene rings is 2. The topological polar surface area (TPSA) is 52.7 Å². The molecule has 4 rings (SSSR count). The van der Waals surface area contributed by atoms with Crippen molar-refractivity contribution in [3.05, 3.63) is 54.1 Å². The van der Waals surface area contributed by atoms with Gasteiger partial charge < -0.3 is 15.1 Å². The summed E-state index contributed by atoms with van der Waals surface area (Å²) in [5, 5.41) is 3.01. The molecule has 0 unspecified atom stereocenters. The van der Waals surface area contributed by atoms with E-state index in [0.29, 0.717) is 11.3 Å². The van der Waals surface area contributed by atoms with Gasteiger partial charge in [0.1, 0.15) is 0 Å². The normalized spacial score (nSPS) is 16.5. The number of rotatable bonds is 6. The molecule has 2 aliphatic heterocycles. The van der Waals surface area contributed by atoms with Crippen molar-refractivity contribution in [2.24, 2.45) is 0 Å². The number of hydrogen-bond acceptors (Lipinski definition) is 4. The molecule has 0 radical (unpaired) electrons. The van der Waals surface area contributed by atoms with Gasteiger partial charge in [-0.1, -0.05) is 12.1 Å². The SMILES string of the molecule is O=C(Nc1ccc(N2CCCCC2)cc1)c1ccccc1SCC(=O)N1CCCC1. The second-order valence-electron chi connectivity index (χ2n) is 7.92. The zero-order chi connectivity index (χ0) is 20.8. The van der Waals surface area contributed by atoms with E-state index in [1.807, 2.05) is 41.3 Å². The van der Waals surface area contributed by atoms with Crippen LogP contribution < -0.4 is 10.2 Å². The van der Waals surface area contributed by atoms with Gasteiger partial charge in [-0.15, -0.1) is 11.8 Å². The van der Waals surface area contributed by atoms with E-state index in [0.717, 1.165) is 49.6 Å². The molecule has 5 nitrogen and oxygen atoms in total. The number of likely N-dealkylation sites (tertiary alicyclic amines) is 1. The predicted molar refractivity (Wildman–Crippen MR) is 123 cm³/mol. The minimum atomic E-state index is -0.141. The molecular weight excluding hydrogens is 394 g/mol. The van der Waals surface area contributed by atoms with Gasteiger partial charge in [0.25, 0.3) is 5.91 Å². The summed E-state index contributed by atoms with van der Waals surface area (Å²) in [6.07, 6.45) is 5.98. The maximum absolute atomic E-state index is 12.9. The summed E-state index contributed by atoms with van der Waals surface area (Å²) in [7, 11) is 0. The maximum Gasteiger partial charge on any atom is 0.256 e. The number of nitrogens with one attached hydrogen (secondary N) is 1. The van der Waals surface area contributed by atoms with Crippen LogP contribution in [0.5, 0.6) is 0 Å². The Balaban J connectivity index is 1.37. The van der Waals surface area contributed by atoms with Crippen molar-refractivity contribution >= 4 is 35.0 Å². The fourth-order valence-corrected chi connectivity index (χ4v) is 5.04. The van der Waals surface area contributed by atoms with Crippen molar-refractivity contribution in [2.45, 2.75) is 37.0 Å². The van der Waals surface area contributed by atoms with E-state index >= 15 is 0 Å². The van der Waals surface area contributed by atoms with Crippen LogP contribution in [0.4, 0.5) is 11.4 Å². The highest BCUT2D eigenvalue weighted by Gasteiger charge is 2.19. The molecule has 2 fully saturated rings. The second kappa shape index (κ2) is 10.0. The number of thioether (sulfide) groups is 1. The molecule has 0 spiro atoms. The van der Waals surface area contributed by atoms with E-state index in [4.69, 9.17) is 0 Å². The Morgan fingerprint density at radius 3 is 2.23 bits per heavy atom. The molecule has 30 heavy (non-hydrogen) atoms. The predicted octanol–water partition coefficient (Wildman–Crippen LogP) is 4.64. The summed E-state index contributed by atoms with van der Waals surface area (Å²) in [6, 6.07) is 15.6. The van der Waals surface area contributed by atoms with Crippen LogP contribution in [0.3, 0.4) is 0 Å². The summed E-state index contributed by atoms with van der Waals surface area (Å²) in [6.45, 7) is 3.92. The largest absolute Gasteiger partial charge is 0.372 e. The Labute approximate surface area is 182 Å². The Bertz CT molecular complexity index is 872. The van der Waals surface area contributed by atoms with E-state index in [2.05, 4.69) is 22.3 Å². The van der Waals surface area contributed by atoms with E-state index in [1.54, 1.807) is 0 Å². The molecule has 0 bridgehead atoms.